The number of fused-ring (bicyclic) bond motifs is 1. The molecule has 2 aromatic rings. The number of benzene rings is 2. The van der Waals surface area contributed by atoms with Crippen molar-refractivity contribution >= 4 is 24.0 Å². The maximum Gasteiger partial charge on any atom is 0.363 e. The topological polar surface area (TPSA) is 66.3 Å². The second-order valence-corrected chi connectivity index (χ2v) is 5.56. The highest BCUT2D eigenvalue weighted by Crippen LogP contribution is 2.33. The molecule has 0 N–H and O–H groups in total. The van der Waals surface area contributed by atoms with Crippen LogP contribution < -0.4 is 14.2 Å². The van der Waals surface area contributed by atoms with Gasteiger partial charge in [-0.15, -0.1) is 0 Å². The Labute approximate surface area is 150 Å². The van der Waals surface area contributed by atoms with Crippen LogP contribution in [0.3, 0.4) is 0 Å². The molecule has 0 amide bonds. The summed E-state index contributed by atoms with van der Waals surface area (Å²) >= 11 is 0. The van der Waals surface area contributed by atoms with E-state index in [9.17, 15) is 4.79 Å². The van der Waals surface area contributed by atoms with Crippen LogP contribution in [-0.2, 0) is 9.53 Å². The van der Waals surface area contributed by atoms with Crippen LogP contribution in [0.4, 0.5) is 0 Å². The molecule has 6 nitrogen and oxygen atoms in total. The van der Waals surface area contributed by atoms with Crippen molar-refractivity contribution in [2.24, 2.45) is 4.99 Å². The second-order valence-electron chi connectivity index (χ2n) is 5.56. The summed E-state index contributed by atoms with van der Waals surface area (Å²) in [4.78, 5) is 16.3. The molecular weight excluding hydrogens is 334 g/mol. The first-order valence-corrected chi connectivity index (χ1v) is 7.96. The first kappa shape index (κ1) is 16.0. The van der Waals surface area contributed by atoms with Gasteiger partial charge in [0.05, 0.1) is 7.11 Å². The number of methoxy groups -OCH3 is 1. The van der Waals surface area contributed by atoms with Crippen LogP contribution >= 0.6 is 0 Å². The van der Waals surface area contributed by atoms with E-state index in [0.29, 0.717) is 11.5 Å². The maximum atomic E-state index is 12.0. The van der Waals surface area contributed by atoms with Gasteiger partial charge in [-0.25, -0.2) is 9.79 Å². The fourth-order valence-electron chi connectivity index (χ4n) is 2.62. The molecular formula is C20H15NO5. The van der Waals surface area contributed by atoms with Gasteiger partial charge in [0.1, 0.15) is 5.75 Å². The van der Waals surface area contributed by atoms with Gasteiger partial charge in [-0.3, -0.25) is 0 Å². The van der Waals surface area contributed by atoms with Gasteiger partial charge in [0.2, 0.25) is 12.7 Å². The van der Waals surface area contributed by atoms with Gasteiger partial charge >= 0.3 is 5.97 Å². The molecule has 2 aliphatic heterocycles. The predicted molar refractivity (Wildman–Crippen MR) is 96.1 cm³/mol. The molecule has 0 fully saturated rings. The Hall–Kier alpha value is -3.54. The van der Waals surface area contributed by atoms with E-state index >= 15 is 0 Å². The van der Waals surface area contributed by atoms with Crippen molar-refractivity contribution in [1.82, 2.24) is 0 Å². The highest BCUT2D eigenvalue weighted by molar-refractivity contribution is 6.11. The minimum atomic E-state index is -0.498. The first-order valence-electron chi connectivity index (χ1n) is 7.96. The highest BCUT2D eigenvalue weighted by atomic mass is 16.7. The first-order chi connectivity index (χ1) is 12.7. The van der Waals surface area contributed by atoms with Crippen LogP contribution in [-0.4, -0.2) is 25.8 Å². The van der Waals surface area contributed by atoms with Crippen molar-refractivity contribution in [2.75, 3.05) is 13.9 Å². The summed E-state index contributed by atoms with van der Waals surface area (Å²) in [6.45, 7) is 0.202. The zero-order valence-electron chi connectivity index (χ0n) is 14.0. The number of aliphatic imine (C=N–C) groups is 1. The van der Waals surface area contributed by atoms with Crippen LogP contribution in [0.25, 0.3) is 12.2 Å². The zero-order valence-corrected chi connectivity index (χ0v) is 14.0. The molecule has 0 atom stereocenters. The van der Waals surface area contributed by atoms with E-state index in [0.717, 1.165) is 16.9 Å². The zero-order chi connectivity index (χ0) is 17.9. The third-order valence-corrected chi connectivity index (χ3v) is 3.88. The SMILES string of the molecule is COc1ccccc1/C=C/C1=NC(=C\c2ccc3c(c2)OCO3)/C(=O)O1. The van der Waals surface area contributed by atoms with Crippen molar-refractivity contribution in [2.45, 2.75) is 0 Å². The van der Waals surface area contributed by atoms with Crippen LogP contribution in [0.1, 0.15) is 11.1 Å². The summed E-state index contributed by atoms with van der Waals surface area (Å²) < 4.78 is 21.1. The molecule has 0 spiro atoms. The van der Waals surface area contributed by atoms with E-state index in [1.165, 1.54) is 0 Å². The van der Waals surface area contributed by atoms with Crippen LogP contribution in [0.5, 0.6) is 17.2 Å². The summed E-state index contributed by atoms with van der Waals surface area (Å²) in [5, 5.41) is 0. The molecule has 0 saturated carbocycles. The van der Waals surface area contributed by atoms with E-state index < -0.39 is 5.97 Å². The van der Waals surface area contributed by atoms with Crippen LogP contribution in [0, 0.1) is 0 Å². The van der Waals surface area contributed by atoms with Gasteiger partial charge in [-0.05, 0) is 35.9 Å². The lowest BCUT2D eigenvalue weighted by Crippen LogP contribution is -2.01. The van der Waals surface area contributed by atoms with Gasteiger partial charge in [0, 0.05) is 11.6 Å². The molecule has 0 saturated heterocycles. The molecule has 4 rings (SSSR count). The molecule has 0 unspecified atom stereocenters. The molecule has 0 aliphatic carbocycles. The van der Waals surface area contributed by atoms with Crippen LogP contribution in [0.2, 0.25) is 0 Å². The smallest absolute Gasteiger partial charge is 0.363 e. The number of carbonyl (C=O) groups is 1. The van der Waals surface area contributed by atoms with Crippen molar-refractivity contribution in [3.8, 4) is 17.2 Å². The Morgan fingerprint density at radius 2 is 1.92 bits per heavy atom. The van der Waals surface area contributed by atoms with E-state index in [1.54, 1.807) is 37.5 Å². The Morgan fingerprint density at radius 3 is 2.81 bits per heavy atom. The molecule has 130 valence electrons. The predicted octanol–water partition coefficient (Wildman–Crippen LogP) is 3.43. The van der Waals surface area contributed by atoms with Gasteiger partial charge < -0.3 is 18.9 Å². The molecule has 26 heavy (non-hydrogen) atoms. The number of hydrogen-bond donors (Lipinski definition) is 0. The molecule has 2 aliphatic rings. The number of hydrogen-bond acceptors (Lipinski definition) is 6. The van der Waals surface area contributed by atoms with E-state index in [4.69, 9.17) is 18.9 Å². The van der Waals surface area contributed by atoms with E-state index in [2.05, 4.69) is 4.99 Å². The normalized spacial score (nSPS) is 16.9. The Kier molecular flexibility index (Phi) is 4.15. The molecule has 2 aromatic carbocycles. The largest absolute Gasteiger partial charge is 0.496 e. The van der Waals surface area contributed by atoms with Gasteiger partial charge in [0.15, 0.2) is 17.2 Å². The number of ether oxygens (including phenoxy) is 4. The maximum absolute atomic E-state index is 12.0. The van der Waals surface area contributed by atoms with Crippen molar-refractivity contribution < 1.29 is 23.7 Å². The van der Waals surface area contributed by atoms with Crippen LogP contribution in [0.15, 0.2) is 59.2 Å². The lowest BCUT2D eigenvalue weighted by Gasteiger charge is -2.02. The lowest BCUT2D eigenvalue weighted by molar-refractivity contribution is -0.129. The second kappa shape index (κ2) is 6.76. The third-order valence-electron chi connectivity index (χ3n) is 3.88. The van der Waals surface area contributed by atoms with Gasteiger partial charge in [-0.1, -0.05) is 24.3 Å². The summed E-state index contributed by atoms with van der Waals surface area (Å²) in [7, 11) is 1.60. The number of esters is 1. The average molecular weight is 349 g/mol. The summed E-state index contributed by atoms with van der Waals surface area (Å²) in [6.07, 6.45) is 5.07. The van der Waals surface area contributed by atoms with Crippen molar-refractivity contribution in [1.29, 1.82) is 0 Å². The molecule has 0 aromatic heterocycles. The molecule has 0 radical (unpaired) electrons. The minimum Gasteiger partial charge on any atom is -0.496 e. The number of rotatable bonds is 4. The molecule has 6 heteroatoms. The standard InChI is InChI=1S/C20H15NO5/c1-23-16-5-3-2-4-14(16)7-9-19-21-15(20(22)26-19)10-13-6-8-17-18(11-13)25-12-24-17/h2-11H,12H2,1H3/b9-7+,15-10-. The Bertz CT molecular complexity index is 958. The van der Waals surface area contributed by atoms with Gasteiger partial charge in [0.25, 0.3) is 0 Å². The number of nitrogens with zero attached hydrogens (tertiary/aromatic N) is 1. The Balaban J connectivity index is 1.56. The fraction of sp³-hybridized carbons (Fsp3) is 0.100. The Morgan fingerprint density at radius 1 is 1.08 bits per heavy atom. The number of para-hydroxylation sites is 1. The number of cyclic esters (lactones) is 1. The number of carbonyl (C=O) groups excluding carboxylic acids is 1. The summed E-state index contributed by atoms with van der Waals surface area (Å²) in [5.74, 6) is 1.79. The van der Waals surface area contributed by atoms with E-state index in [-0.39, 0.29) is 18.4 Å². The highest BCUT2D eigenvalue weighted by Gasteiger charge is 2.22. The summed E-state index contributed by atoms with van der Waals surface area (Å²) in [6, 6.07) is 12.9. The van der Waals surface area contributed by atoms with Crippen molar-refractivity contribution in [3.63, 3.8) is 0 Å². The monoisotopic (exact) mass is 349 g/mol. The van der Waals surface area contributed by atoms with E-state index in [1.807, 2.05) is 30.3 Å². The van der Waals surface area contributed by atoms with Crippen molar-refractivity contribution in [3.05, 3.63) is 65.4 Å². The fourth-order valence-corrected chi connectivity index (χ4v) is 2.62. The summed E-state index contributed by atoms with van der Waals surface area (Å²) in [5.41, 5.74) is 1.87. The lowest BCUT2D eigenvalue weighted by atomic mass is 10.1. The molecule has 0 bridgehead atoms. The van der Waals surface area contributed by atoms with Gasteiger partial charge in [-0.2, -0.15) is 0 Å². The molecule has 2 heterocycles. The average Bonchev–Trinajstić information content (AvgIpc) is 3.26. The minimum absolute atomic E-state index is 0.202. The quantitative estimate of drug-likeness (QED) is 0.625. The third kappa shape index (κ3) is 3.17.